The van der Waals surface area contributed by atoms with Crippen LogP contribution in [-0.2, 0) is 14.3 Å². The van der Waals surface area contributed by atoms with Gasteiger partial charge in [0.1, 0.15) is 11.3 Å². The van der Waals surface area contributed by atoms with E-state index in [0.29, 0.717) is 5.69 Å². The predicted molar refractivity (Wildman–Crippen MR) is 72.9 cm³/mol. The second kappa shape index (κ2) is 5.81. The van der Waals surface area contributed by atoms with Crippen LogP contribution in [0.3, 0.4) is 0 Å². The Morgan fingerprint density at radius 2 is 1.85 bits per heavy atom. The molecule has 0 heterocycles. The average molecular weight is 281 g/mol. The fourth-order valence-electron chi connectivity index (χ4n) is 1.29. The summed E-state index contributed by atoms with van der Waals surface area (Å²) >= 11 is 0. The first kappa shape index (κ1) is 15.8. The minimum Gasteiger partial charge on any atom is -0.507 e. The Bertz CT molecular complexity index is 519. The topological polar surface area (TPSA) is 98.8 Å². The zero-order chi connectivity index (χ0) is 15.5. The van der Waals surface area contributed by atoms with Gasteiger partial charge in [-0.3, -0.25) is 4.79 Å². The molecular weight excluding hydrogens is 262 g/mol. The largest absolute Gasteiger partial charge is 0.507 e. The maximum atomic E-state index is 11.8. The zero-order valence-electron chi connectivity index (χ0n) is 12.0. The maximum absolute atomic E-state index is 11.8. The number of hydrogen-bond acceptors (Lipinski definition) is 6. The number of carbonyl (C=O) groups excluding carboxylic acids is 2. The monoisotopic (exact) mass is 281 g/mol. The highest BCUT2D eigenvalue weighted by molar-refractivity contribution is 5.93. The molecule has 0 aliphatic heterocycles. The second-order valence-electron chi connectivity index (χ2n) is 5.40. The summed E-state index contributed by atoms with van der Waals surface area (Å²) in [6.45, 7) is 6.50. The molecule has 1 aromatic rings. The number of phenolic OH excluding ortho intramolecular Hbond substituents is 1. The number of rotatable bonds is 3. The van der Waals surface area contributed by atoms with E-state index in [1.54, 1.807) is 20.8 Å². The molecule has 1 unspecified atom stereocenters. The van der Waals surface area contributed by atoms with Crippen LogP contribution in [0.2, 0.25) is 0 Å². The standard InChI is InChI=1S/C14H19NO5/c1-8(20-13(18)14(2,3)4)19-12(17)10-6-5-9(15)7-11(10)16/h5-8,16H,15H2,1-4H3. The van der Waals surface area contributed by atoms with E-state index in [4.69, 9.17) is 15.2 Å². The van der Waals surface area contributed by atoms with Crippen molar-refractivity contribution in [2.24, 2.45) is 5.41 Å². The van der Waals surface area contributed by atoms with Crippen LogP contribution >= 0.6 is 0 Å². The average Bonchev–Trinajstić information content (AvgIpc) is 2.26. The summed E-state index contributed by atoms with van der Waals surface area (Å²) in [6, 6.07) is 4.04. The lowest BCUT2D eigenvalue weighted by atomic mass is 9.97. The fourth-order valence-corrected chi connectivity index (χ4v) is 1.29. The number of ether oxygens (including phenoxy) is 2. The van der Waals surface area contributed by atoms with Gasteiger partial charge in [-0.05, 0) is 32.9 Å². The van der Waals surface area contributed by atoms with Crippen molar-refractivity contribution in [2.75, 3.05) is 5.73 Å². The Morgan fingerprint density at radius 3 is 2.35 bits per heavy atom. The van der Waals surface area contributed by atoms with Crippen LogP contribution in [0, 0.1) is 5.41 Å². The summed E-state index contributed by atoms with van der Waals surface area (Å²) < 4.78 is 9.92. The quantitative estimate of drug-likeness (QED) is 0.500. The fraction of sp³-hybridized carbons (Fsp3) is 0.429. The summed E-state index contributed by atoms with van der Waals surface area (Å²) in [5.74, 6) is -1.57. The van der Waals surface area contributed by atoms with Crippen molar-refractivity contribution in [2.45, 2.75) is 34.0 Å². The molecule has 110 valence electrons. The van der Waals surface area contributed by atoms with Gasteiger partial charge in [0, 0.05) is 18.7 Å². The van der Waals surface area contributed by atoms with Gasteiger partial charge in [-0.2, -0.15) is 0 Å². The van der Waals surface area contributed by atoms with Crippen LogP contribution in [-0.4, -0.2) is 23.3 Å². The number of anilines is 1. The number of benzene rings is 1. The van der Waals surface area contributed by atoms with Crippen molar-refractivity contribution in [1.82, 2.24) is 0 Å². The van der Waals surface area contributed by atoms with Gasteiger partial charge in [0.25, 0.3) is 0 Å². The van der Waals surface area contributed by atoms with E-state index in [1.807, 2.05) is 0 Å². The lowest BCUT2D eigenvalue weighted by molar-refractivity contribution is -0.174. The molecule has 0 aliphatic rings. The van der Waals surface area contributed by atoms with Crippen molar-refractivity contribution < 1.29 is 24.2 Å². The Morgan fingerprint density at radius 1 is 1.25 bits per heavy atom. The zero-order valence-corrected chi connectivity index (χ0v) is 12.0. The molecule has 0 saturated heterocycles. The van der Waals surface area contributed by atoms with Crippen LogP contribution in [0.5, 0.6) is 5.75 Å². The molecule has 0 aromatic heterocycles. The van der Waals surface area contributed by atoms with Crippen molar-refractivity contribution >= 4 is 17.6 Å². The molecule has 1 atom stereocenters. The molecule has 0 aliphatic carbocycles. The number of hydrogen-bond donors (Lipinski definition) is 2. The number of aromatic hydroxyl groups is 1. The summed E-state index contributed by atoms with van der Waals surface area (Å²) in [5.41, 5.74) is 5.05. The van der Waals surface area contributed by atoms with Crippen LogP contribution in [0.15, 0.2) is 18.2 Å². The number of esters is 2. The normalized spacial score (nSPS) is 12.6. The van der Waals surface area contributed by atoms with E-state index in [-0.39, 0.29) is 11.3 Å². The van der Waals surface area contributed by atoms with Gasteiger partial charge in [0.2, 0.25) is 6.29 Å². The van der Waals surface area contributed by atoms with Crippen LogP contribution in [0.4, 0.5) is 5.69 Å². The first-order valence-corrected chi connectivity index (χ1v) is 6.12. The first-order chi connectivity index (χ1) is 9.11. The van der Waals surface area contributed by atoms with E-state index in [9.17, 15) is 14.7 Å². The molecule has 0 spiro atoms. The summed E-state index contributed by atoms with van der Waals surface area (Å²) in [7, 11) is 0. The predicted octanol–water partition coefficient (Wildman–Crippen LogP) is 2.07. The molecule has 1 aromatic carbocycles. The number of nitrogens with two attached hydrogens (primary N) is 1. The minimum atomic E-state index is -1.05. The third-order valence-electron chi connectivity index (χ3n) is 2.40. The lowest BCUT2D eigenvalue weighted by Gasteiger charge is -2.20. The Hall–Kier alpha value is -2.24. The van der Waals surface area contributed by atoms with Gasteiger partial charge in [-0.25, -0.2) is 4.79 Å². The third-order valence-corrected chi connectivity index (χ3v) is 2.40. The van der Waals surface area contributed by atoms with Crippen molar-refractivity contribution in [3.8, 4) is 5.75 Å². The van der Waals surface area contributed by atoms with E-state index in [0.717, 1.165) is 0 Å². The number of nitrogen functional groups attached to an aromatic ring is 1. The van der Waals surface area contributed by atoms with E-state index < -0.39 is 23.6 Å². The Labute approximate surface area is 117 Å². The summed E-state index contributed by atoms with van der Waals surface area (Å²) in [6.07, 6.45) is -1.05. The number of carbonyl (C=O) groups is 2. The minimum absolute atomic E-state index is 0.0437. The van der Waals surface area contributed by atoms with Gasteiger partial charge >= 0.3 is 11.9 Å². The highest BCUT2D eigenvalue weighted by Crippen LogP contribution is 2.22. The molecule has 3 N–H and O–H groups in total. The molecule has 6 heteroatoms. The van der Waals surface area contributed by atoms with E-state index >= 15 is 0 Å². The van der Waals surface area contributed by atoms with Gasteiger partial charge in [0.15, 0.2) is 0 Å². The molecule has 0 amide bonds. The molecule has 20 heavy (non-hydrogen) atoms. The Balaban J connectivity index is 2.69. The van der Waals surface area contributed by atoms with Gasteiger partial charge < -0.3 is 20.3 Å². The van der Waals surface area contributed by atoms with Gasteiger partial charge in [-0.1, -0.05) is 0 Å². The van der Waals surface area contributed by atoms with Crippen molar-refractivity contribution in [3.63, 3.8) is 0 Å². The molecular formula is C14H19NO5. The van der Waals surface area contributed by atoms with Crippen LogP contribution in [0.1, 0.15) is 38.1 Å². The SMILES string of the molecule is CC(OC(=O)c1ccc(N)cc1O)OC(=O)C(C)(C)C. The van der Waals surface area contributed by atoms with Crippen molar-refractivity contribution in [1.29, 1.82) is 0 Å². The summed E-state index contributed by atoms with van der Waals surface area (Å²) in [4.78, 5) is 23.4. The molecule has 0 saturated carbocycles. The molecule has 0 radical (unpaired) electrons. The number of phenols is 1. The summed E-state index contributed by atoms with van der Waals surface area (Å²) in [5, 5.41) is 9.60. The van der Waals surface area contributed by atoms with Crippen molar-refractivity contribution in [3.05, 3.63) is 23.8 Å². The van der Waals surface area contributed by atoms with Gasteiger partial charge in [-0.15, -0.1) is 0 Å². The Kier molecular flexibility index (Phi) is 4.60. The van der Waals surface area contributed by atoms with Crippen LogP contribution < -0.4 is 5.73 Å². The third kappa shape index (κ3) is 4.15. The molecule has 6 nitrogen and oxygen atoms in total. The van der Waals surface area contributed by atoms with E-state index in [2.05, 4.69) is 0 Å². The molecule has 0 fully saturated rings. The van der Waals surface area contributed by atoms with Gasteiger partial charge in [0.05, 0.1) is 5.41 Å². The lowest BCUT2D eigenvalue weighted by Crippen LogP contribution is -2.29. The first-order valence-electron chi connectivity index (χ1n) is 6.12. The van der Waals surface area contributed by atoms with Crippen LogP contribution in [0.25, 0.3) is 0 Å². The highest BCUT2D eigenvalue weighted by Gasteiger charge is 2.26. The second-order valence-corrected chi connectivity index (χ2v) is 5.40. The maximum Gasteiger partial charge on any atom is 0.344 e. The molecule has 1 rings (SSSR count). The molecule has 0 bridgehead atoms. The highest BCUT2D eigenvalue weighted by atomic mass is 16.7. The van der Waals surface area contributed by atoms with E-state index in [1.165, 1.54) is 25.1 Å². The smallest absolute Gasteiger partial charge is 0.344 e.